The SMILES string of the molecule is CCCN(CCC)C(=O)c1cccc(NC(=O)CNCCOC)c1. The molecule has 0 saturated carbocycles. The van der Waals surface area contributed by atoms with E-state index >= 15 is 0 Å². The number of carbonyl (C=O) groups excluding carboxylic acids is 2. The van der Waals surface area contributed by atoms with Crippen molar-refractivity contribution in [2.45, 2.75) is 26.7 Å². The number of nitrogens with one attached hydrogen (secondary N) is 2. The first kappa shape index (κ1) is 20.1. The van der Waals surface area contributed by atoms with Crippen molar-refractivity contribution in [2.75, 3.05) is 45.2 Å². The lowest BCUT2D eigenvalue weighted by Crippen LogP contribution is -2.32. The number of carbonyl (C=O) groups is 2. The van der Waals surface area contributed by atoms with Gasteiger partial charge in [0.25, 0.3) is 5.91 Å². The van der Waals surface area contributed by atoms with Crippen LogP contribution in [0.15, 0.2) is 24.3 Å². The maximum Gasteiger partial charge on any atom is 0.253 e. The molecule has 6 heteroatoms. The van der Waals surface area contributed by atoms with Crippen molar-refractivity contribution >= 4 is 17.5 Å². The van der Waals surface area contributed by atoms with Crippen LogP contribution in [0, 0.1) is 0 Å². The second-order valence-corrected chi connectivity index (χ2v) is 5.59. The van der Waals surface area contributed by atoms with E-state index in [1.165, 1.54) is 0 Å². The van der Waals surface area contributed by atoms with E-state index in [1.807, 2.05) is 4.90 Å². The van der Waals surface area contributed by atoms with Crippen molar-refractivity contribution in [3.63, 3.8) is 0 Å². The van der Waals surface area contributed by atoms with Crippen molar-refractivity contribution < 1.29 is 14.3 Å². The van der Waals surface area contributed by atoms with Gasteiger partial charge >= 0.3 is 0 Å². The van der Waals surface area contributed by atoms with Gasteiger partial charge in [-0.2, -0.15) is 0 Å². The smallest absolute Gasteiger partial charge is 0.253 e. The second kappa shape index (κ2) is 11.6. The van der Waals surface area contributed by atoms with Gasteiger partial charge < -0.3 is 20.3 Å². The number of methoxy groups -OCH3 is 1. The minimum absolute atomic E-state index is 0.00742. The third-order valence-corrected chi connectivity index (χ3v) is 3.44. The van der Waals surface area contributed by atoms with E-state index in [2.05, 4.69) is 24.5 Å². The van der Waals surface area contributed by atoms with E-state index in [0.29, 0.717) is 24.4 Å². The maximum absolute atomic E-state index is 12.6. The predicted molar refractivity (Wildman–Crippen MR) is 96.3 cm³/mol. The first-order chi connectivity index (χ1) is 11.6. The Morgan fingerprint density at radius 2 is 1.88 bits per heavy atom. The summed E-state index contributed by atoms with van der Waals surface area (Å²) in [6.45, 7) is 6.98. The van der Waals surface area contributed by atoms with Crippen LogP contribution in [0.5, 0.6) is 0 Å². The monoisotopic (exact) mass is 335 g/mol. The molecule has 6 nitrogen and oxygen atoms in total. The molecule has 0 atom stereocenters. The average Bonchev–Trinajstić information content (AvgIpc) is 2.58. The summed E-state index contributed by atoms with van der Waals surface area (Å²) in [5, 5.41) is 5.79. The Morgan fingerprint density at radius 3 is 2.50 bits per heavy atom. The van der Waals surface area contributed by atoms with Crippen LogP contribution in [0.4, 0.5) is 5.69 Å². The van der Waals surface area contributed by atoms with Crippen LogP contribution >= 0.6 is 0 Å². The molecule has 0 aromatic heterocycles. The number of hydrogen-bond donors (Lipinski definition) is 2. The zero-order valence-electron chi connectivity index (χ0n) is 14.9. The maximum atomic E-state index is 12.6. The van der Waals surface area contributed by atoms with Gasteiger partial charge in [-0.1, -0.05) is 19.9 Å². The quantitative estimate of drug-likeness (QED) is 0.608. The zero-order chi connectivity index (χ0) is 17.8. The minimum Gasteiger partial charge on any atom is -0.383 e. The Bertz CT molecular complexity index is 514. The lowest BCUT2D eigenvalue weighted by Gasteiger charge is -2.21. The van der Waals surface area contributed by atoms with Gasteiger partial charge in [0, 0.05) is 38.0 Å². The third-order valence-electron chi connectivity index (χ3n) is 3.44. The summed E-state index contributed by atoms with van der Waals surface area (Å²) >= 11 is 0. The highest BCUT2D eigenvalue weighted by Crippen LogP contribution is 2.13. The molecule has 0 bridgehead atoms. The van der Waals surface area contributed by atoms with Crippen LogP contribution in [-0.4, -0.2) is 56.6 Å². The molecule has 1 aromatic rings. The summed E-state index contributed by atoms with van der Waals surface area (Å²) in [4.78, 5) is 26.3. The van der Waals surface area contributed by atoms with Crippen molar-refractivity contribution in [1.29, 1.82) is 0 Å². The van der Waals surface area contributed by atoms with E-state index in [0.717, 1.165) is 25.9 Å². The molecule has 2 N–H and O–H groups in total. The third kappa shape index (κ3) is 7.10. The van der Waals surface area contributed by atoms with Gasteiger partial charge in [-0.3, -0.25) is 9.59 Å². The topological polar surface area (TPSA) is 70.7 Å². The predicted octanol–water partition coefficient (Wildman–Crippen LogP) is 2.12. The van der Waals surface area contributed by atoms with Crippen molar-refractivity contribution in [1.82, 2.24) is 10.2 Å². The van der Waals surface area contributed by atoms with Crippen LogP contribution in [-0.2, 0) is 9.53 Å². The Balaban J connectivity index is 2.65. The zero-order valence-corrected chi connectivity index (χ0v) is 14.9. The van der Waals surface area contributed by atoms with Gasteiger partial charge in [0.2, 0.25) is 5.91 Å². The Morgan fingerprint density at radius 1 is 1.17 bits per heavy atom. The first-order valence-electron chi connectivity index (χ1n) is 8.51. The van der Waals surface area contributed by atoms with Crippen molar-refractivity contribution in [2.24, 2.45) is 0 Å². The minimum atomic E-state index is -0.144. The van der Waals surface area contributed by atoms with Gasteiger partial charge in [-0.05, 0) is 31.0 Å². The van der Waals surface area contributed by atoms with Crippen molar-refractivity contribution in [3.05, 3.63) is 29.8 Å². The molecule has 1 aromatic carbocycles. The van der Waals surface area contributed by atoms with E-state index in [9.17, 15) is 9.59 Å². The molecule has 24 heavy (non-hydrogen) atoms. The van der Waals surface area contributed by atoms with E-state index < -0.39 is 0 Å². The van der Waals surface area contributed by atoms with Crippen LogP contribution < -0.4 is 10.6 Å². The van der Waals surface area contributed by atoms with Gasteiger partial charge in [0.05, 0.1) is 13.2 Å². The average molecular weight is 335 g/mol. The lowest BCUT2D eigenvalue weighted by molar-refractivity contribution is -0.115. The van der Waals surface area contributed by atoms with E-state index in [4.69, 9.17) is 4.74 Å². The molecule has 0 saturated heterocycles. The summed E-state index contributed by atoms with van der Waals surface area (Å²) < 4.78 is 4.91. The molecular weight excluding hydrogens is 306 g/mol. The molecule has 1 rings (SSSR count). The normalized spacial score (nSPS) is 10.5. The molecule has 0 aliphatic heterocycles. The Labute approximate surface area is 144 Å². The largest absolute Gasteiger partial charge is 0.383 e. The Kier molecular flexibility index (Phi) is 9.72. The van der Waals surface area contributed by atoms with Gasteiger partial charge in [-0.15, -0.1) is 0 Å². The lowest BCUT2D eigenvalue weighted by atomic mass is 10.1. The fourth-order valence-electron chi connectivity index (χ4n) is 2.35. The fraction of sp³-hybridized carbons (Fsp3) is 0.556. The molecule has 0 aliphatic rings. The molecule has 2 amide bonds. The number of anilines is 1. The number of nitrogens with zero attached hydrogens (tertiary/aromatic N) is 1. The number of ether oxygens (including phenoxy) is 1. The second-order valence-electron chi connectivity index (χ2n) is 5.59. The summed E-state index contributed by atoms with van der Waals surface area (Å²) in [6, 6.07) is 7.09. The van der Waals surface area contributed by atoms with Crippen LogP contribution in [0.2, 0.25) is 0 Å². The molecule has 0 fully saturated rings. The molecule has 0 spiro atoms. The van der Waals surface area contributed by atoms with Crippen LogP contribution in [0.3, 0.4) is 0 Å². The van der Waals surface area contributed by atoms with E-state index in [-0.39, 0.29) is 18.4 Å². The summed E-state index contributed by atoms with van der Waals surface area (Å²) in [5.41, 5.74) is 1.23. The van der Waals surface area contributed by atoms with Gasteiger partial charge in [-0.25, -0.2) is 0 Å². The molecule has 0 radical (unpaired) electrons. The Hall–Kier alpha value is -1.92. The molecule has 0 aliphatic carbocycles. The standard InChI is InChI=1S/C18H29N3O3/c1-4-10-21(11-5-2)18(23)15-7-6-8-16(13-15)20-17(22)14-19-9-12-24-3/h6-8,13,19H,4-5,9-12,14H2,1-3H3,(H,20,22). The number of hydrogen-bond acceptors (Lipinski definition) is 4. The number of amides is 2. The highest BCUT2D eigenvalue weighted by Gasteiger charge is 2.14. The first-order valence-corrected chi connectivity index (χ1v) is 8.51. The van der Waals surface area contributed by atoms with Gasteiger partial charge in [0.15, 0.2) is 0 Å². The van der Waals surface area contributed by atoms with Crippen LogP contribution in [0.1, 0.15) is 37.0 Å². The van der Waals surface area contributed by atoms with E-state index in [1.54, 1.807) is 31.4 Å². The van der Waals surface area contributed by atoms with Gasteiger partial charge in [0.1, 0.15) is 0 Å². The molecular formula is C18H29N3O3. The number of rotatable bonds is 11. The fourth-order valence-corrected chi connectivity index (χ4v) is 2.35. The molecule has 0 unspecified atom stereocenters. The van der Waals surface area contributed by atoms with Crippen molar-refractivity contribution in [3.8, 4) is 0 Å². The number of benzene rings is 1. The highest BCUT2D eigenvalue weighted by atomic mass is 16.5. The highest BCUT2D eigenvalue weighted by molar-refractivity contribution is 5.97. The summed E-state index contributed by atoms with van der Waals surface area (Å²) in [7, 11) is 1.62. The van der Waals surface area contributed by atoms with Crippen LogP contribution in [0.25, 0.3) is 0 Å². The molecule has 134 valence electrons. The molecule has 0 heterocycles. The summed E-state index contributed by atoms with van der Waals surface area (Å²) in [6.07, 6.45) is 1.85. The summed E-state index contributed by atoms with van der Waals surface area (Å²) in [5.74, 6) is -0.136.